The summed E-state index contributed by atoms with van der Waals surface area (Å²) in [5.41, 5.74) is 0. The van der Waals surface area contributed by atoms with Crippen LogP contribution in [0.2, 0.25) is 0 Å². The third-order valence-electron chi connectivity index (χ3n) is 3.55. The summed E-state index contributed by atoms with van der Waals surface area (Å²) in [6, 6.07) is 6.07. The largest absolute Gasteiger partial charge is 0.508 e. The van der Waals surface area contributed by atoms with Gasteiger partial charge in [0.1, 0.15) is 42.5 Å². The highest BCUT2D eigenvalue weighted by Gasteiger charge is 2.44. The molecule has 2 rings (SSSR count). The minimum atomic E-state index is -1.39. The number of likely N-dealkylation sites (N-methyl/N-ethyl adjacent to an activating group) is 1. The SMILES string of the molecule is CNCCO[C@H]1OC(COc2ccc(O)cc2)[C@@H](O)C(O)C1O. The molecule has 1 fully saturated rings. The lowest BCUT2D eigenvalue weighted by molar-refractivity contribution is -0.299. The molecule has 1 aliphatic rings. The summed E-state index contributed by atoms with van der Waals surface area (Å²) in [6.07, 6.45) is -5.94. The minimum Gasteiger partial charge on any atom is -0.508 e. The predicted molar refractivity (Wildman–Crippen MR) is 80.2 cm³/mol. The van der Waals surface area contributed by atoms with E-state index in [9.17, 15) is 20.4 Å². The maximum atomic E-state index is 10.00. The Morgan fingerprint density at radius 2 is 1.78 bits per heavy atom. The normalized spacial score (nSPS) is 31.0. The monoisotopic (exact) mass is 329 g/mol. The second-order valence-corrected chi connectivity index (χ2v) is 5.29. The van der Waals surface area contributed by atoms with E-state index in [2.05, 4.69) is 5.32 Å². The molecule has 8 heteroatoms. The van der Waals surface area contributed by atoms with Crippen LogP contribution in [0, 0.1) is 0 Å². The van der Waals surface area contributed by atoms with E-state index < -0.39 is 30.7 Å². The number of hydrogen-bond acceptors (Lipinski definition) is 8. The fourth-order valence-corrected chi connectivity index (χ4v) is 2.19. The zero-order valence-corrected chi connectivity index (χ0v) is 12.8. The minimum absolute atomic E-state index is 0.0401. The van der Waals surface area contributed by atoms with Gasteiger partial charge in [-0.15, -0.1) is 0 Å². The smallest absolute Gasteiger partial charge is 0.186 e. The van der Waals surface area contributed by atoms with Gasteiger partial charge in [-0.05, 0) is 31.3 Å². The molecule has 130 valence electrons. The number of ether oxygens (including phenoxy) is 3. The van der Waals surface area contributed by atoms with Gasteiger partial charge in [-0.1, -0.05) is 0 Å². The standard InChI is InChI=1S/C15H23NO7/c1-16-6-7-21-15-14(20)13(19)12(18)11(23-15)8-22-10-4-2-9(17)3-5-10/h2-5,11-20H,6-8H2,1H3/t11?,12-,13?,14?,15+/m1/s1. The topological polar surface area (TPSA) is 121 Å². The summed E-state index contributed by atoms with van der Waals surface area (Å²) in [4.78, 5) is 0. The molecular formula is C15H23NO7. The molecule has 0 saturated carbocycles. The molecule has 23 heavy (non-hydrogen) atoms. The van der Waals surface area contributed by atoms with Gasteiger partial charge < -0.3 is 40.0 Å². The number of aromatic hydroxyl groups is 1. The number of aliphatic hydroxyl groups excluding tert-OH is 3. The van der Waals surface area contributed by atoms with Crippen molar-refractivity contribution in [1.82, 2.24) is 5.32 Å². The van der Waals surface area contributed by atoms with Gasteiger partial charge in [-0.2, -0.15) is 0 Å². The van der Waals surface area contributed by atoms with E-state index >= 15 is 0 Å². The molecule has 0 aliphatic carbocycles. The average Bonchev–Trinajstić information content (AvgIpc) is 2.55. The molecule has 1 aliphatic heterocycles. The van der Waals surface area contributed by atoms with Gasteiger partial charge in [0.05, 0.1) is 6.61 Å². The van der Waals surface area contributed by atoms with Crippen molar-refractivity contribution in [3.63, 3.8) is 0 Å². The highest BCUT2D eigenvalue weighted by molar-refractivity contribution is 5.30. The molecule has 8 nitrogen and oxygen atoms in total. The number of benzene rings is 1. The Morgan fingerprint density at radius 3 is 2.43 bits per heavy atom. The van der Waals surface area contributed by atoms with Gasteiger partial charge >= 0.3 is 0 Å². The third kappa shape index (κ3) is 4.77. The average molecular weight is 329 g/mol. The lowest BCUT2D eigenvalue weighted by Crippen LogP contribution is -2.59. The number of phenols is 1. The first-order valence-electron chi connectivity index (χ1n) is 7.40. The lowest BCUT2D eigenvalue weighted by Gasteiger charge is -2.40. The van der Waals surface area contributed by atoms with Crippen LogP contribution in [0.1, 0.15) is 0 Å². The summed E-state index contributed by atoms with van der Waals surface area (Å²) >= 11 is 0. The van der Waals surface area contributed by atoms with Gasteiger partial charge in [0.25, 0.3) is 0 Å². The van der Waals surface area contributed by atoms with Crippen LogP contribution < -0.4 is 10.1 Å². The van der Waals surface area contributed by atoms with Crippen LogP contribution >= 0.6 is 0 Å². The van der Waals surface area contributed by atoms with E-state index in [-0.39, 0.29) is 19.0 Å². The third-order valence-corrected chi connectivity index (χ3v) is 3.55. The lowest BCUT2D eigenvalue weighted by atomic mass is 9.99. The van der Waals surface area contributed by atoms with Crippen molar-refractivity contribution in [2.45, 2.75) is 30.7 Å². The zero-order chi connectivity index (χ0) is 16.8. The Bertz CT molecular complexity index is 469. The molecule has 0 amide bonds. The van der Waals surface area contributed by atoms with Crippen molar-refractivity contribution in [3.8, 4) is 11.5 Å². The fourth-order valence-electron chi connectivity index (χ4n) is 2.19. The number of aliphatic hydroxyl groups is 3. The van der Waals surface area contributed by atoms with Crippen LogP contribution in [-0.2, 0) is 9.47 Å². The second-order valence-electron chi connectivity index (χ2n) is 5.29. The first-order chi connectivity index (χ1) is 11.0. The van der Waals surface area contributed by atoms with Crippen LogP contribution in [0.4, 0.5) is 0 Å². The Labute approximate surface area is 134 Å². The van der Waals surface area contributed by atoms with E-state index in [0.717, 1.165) is 0 Å². The van der Waals surface area contributed by atoms with Crippen LogP contribution in [-0.4, -0.2) is 77.9 Å². The van der Waals surface area contributed by atoms with Crippen molar-refractivity contribution in [1.29, 1.82) is 0 Å². The van der Waals surface area contributed by atoms with E-state index in [1.807, 2.05) is 0 Å². The van der Waals surface area contributed by atoms with E-state index in [4.69, 9.17) is 14.2 Å². The Kier molecular flexibility index (Phi) is 6.58. The van der Waals surface area contributed by atoms with Gasteiger partial charge in [0.2, 0.25) is 0 Å². The molecule has 3 unspecified atom stereocenters. The Balaban J connectivity index is 1.92. The summed E-state index contributed by atoms with van der Waals surface area (Å²) in [5, 5.41) is 41.9. The quantitative estimate of drug-likeness (QED) is 0.396. The zero-order valence-electron chi connectivity index (χ0n) is 12.8. The Morgan fingerprint density at radius 1 is 1.09 bits per heavy atom. The molecular weight excluding hydrogens is 306 g/mol. The van der Waals surface area contributed by atoms with Crippen molar-refractivity contribution < 1.29 is 34.6 Å². The molecule has 0 aromatic heterocycles. The summed E-state index contributed by atoms with van der Waals surface area (Å²) in [5.74, 6) is 0.592. The maximum Gasteiger partial charge on any atom is 0.186 e. The highest BCUT2D eigenvalue weighted by Crippen LogP contribution is 2.23. The Hall–Kier alpha value is -1.42. The molecule has 5 atom stereocenters. The predicted octanol–water partition coefficient (Wildman–Crippen LogP) is -1.19. The van der Waals surface area contributed by atoms with Crippen molar-refractivity contribution >= 4 is 0 Å². The molecule has 1 aromatic rings. The first-order valence-corrected chi connectivity index (χ1v) is 7.40. The summed E-state index contributed by atoms with van der Waals surface area (Å²) in [7, 11) is 1.76. The maximum absolute atomic E-state index is 10.00. The van der Waals surface area contributed by atoms with Crippen molar-refractivity contribution in [2.24, 2.45) is 0 Å². The van der Waals surface area contributed by atoms with Crippen LogP contribution in [0.5, 0.6) is 11.5 Å². The molecule has 1 aromatic carbocycles. The highest BCUT2D eigenvalue weighted by atomic mass is 16.7. The van der Waals surface area contributed by atoms with Gasteiger partial charge in [-0.25, -0.2) is 0 Å². The molecule has 0 bridgehead atoms. The van der Waals surface area contributed by atoms with Crippen LogP contribution in [0.25, 0.3) is 0 Å². The summed E-state index contributed by atoms with van der Waals surface area (Å²) in [6.45, 7) is 0.800. The van der Waals surface area contributed by atoms with E-state index in [1.165, 1.54) is 12.1 Å². The summed E-state index contributed by atoms with van der Waals surface area (Å²) < 4.78 is 16.3. The van der Waals surface area contributed by atoms with Gasteiger partial charge in [0, 0.05) is 6.54 Å². The van der Waals surface area contributed by atoms with Crippen LogP contribution in [0.15, 0.2) is 24.3 Å². The van der Waals surface area contributed by atoms with E-state index in [1.54, 1.807) is 19.2 Å². The molecule has 5 N–H and O–H groups in total. The number of rotatable bonds is 7. The number of phenolic OH excluding ortho intramolecular Hbond substituents is 1. The first kappa shape index (κ1) is 17.9. The second kappa shape index (κ2) is 8.44. The molecule has 1 saturated heterocycles. The van der Waals surface area contributed by atoms with Gasteiger partial charge in [-0.3, -0.25) is 0 Å². The molecule has 0 spiro atoms. The van der Waals surface area contributed by atoms with Crippen LogP contribution in [0.3, 0.4) is 0 Å². The van der Waals surface area contributed by atoms with E-state index in [0.29, 0.717) is 12.3 Å². The molecule has 1 heterocycles. The number of hydrogen-bond donors (Lipinski definition) is 5. The molecule has 0 radical (unpaired) electrons. The van der Waals surface area contributed by atoms with Crippen molar-refractivity contribution in [2.75, 3.05) is 26.8 Å². The van der Waals surface area contributed by atoms with Crippen molar-refractivity contribution in [3.05, 3.63) is 24.3 Å². The fraction of sp³-hybridized carbons (Fsp3) is 0.600. The number of nitrogens with one attached hydrogen (secondary N) is 1. The van der Waals surface area contributed by atoms with Gasteiger partial charge in [0.15, 0.2) is 6.29 Å².